The molecular weight excluding hydrogens is 484 g/mol. The van der Waals surface area contributed by atoms with Gasteiger partial charge >= 0.3 is 0 Å². The van der Waals surface area contributed by atoms with Crippen LogP contribution in [0.3, 0.4) is 0 Å². The van der Waals surface area contributed by atoms with Crippen LogP contribution in [0.5, 0.6) is 0 Å². The lowest BCUT2D eigenvalue weighted by Gasteiger charge is -2.39. The lowest BCUT2D eigenvalue weighted by Crippen LogP contribution is -2.50. The highest BCUT2D eigenvalue weighted by atomic mass is 16.3. The van der Waals surface area contributed by atoms with Gasteiger partial charge in [0, 0.05) is 32.2 Å². The molecule has 6 nitrogen and oxygen atoms in total. The maximum Gasteiger partial charge on any atom is 0.272 e. The number of piperazine rings is 1. The lowest BCUT2D eigenvalue weighted by atomic mass is 9.96. The minimum atomic E-state index is -0.0177. The Morgan fingerprint density at radius 2 is 1.46 bits per heavy atom. The molecule has 3 heterocycles. The average molecular weight is 517 g/mol. The van der Waals surface area contributed by atoms with Crippen molar-refractivity contribution in [3.8, 4) is 17.1 Å². The predicted octanol–water partition coefficient (Wildman–Crippen LogP) is 6.30. The zero-order valence-corrected chi connectivity index (χ0v) is 22.3. The molecule has 1 aliphatic heterocycles. The fourth-order valence-electron chi connectivity index (χ4n) is 5.53. The minimum Gasteiger partial charge on any atom is -0.463 e. The molecule has 0 saturated carbocycles. The third-order valence-corrected chi connectivity index (χ3v) is 7.48. The topological polar surface area (TPSA) is 54.5 Å². The Morgan fingerprint density at radius 3 is 2.05 bits per heavy atom. The molecule has 0 N–H and O–H groups in total. The molecule has 1 saturated heterocycles. The Morgan fingerprint density at radius 1 is 0.795 bits per heavy atom. The van der Waals surface area contributed by atoms with Gasteiger partial charge in [-0.25, -0.2) is 4.68 Å². The van der Waals surface area contributed by atoms with Gasteiger partial charge in [-0.05, 0) is 48.7 Å². The smallest absolute Gasteiger partial charge is 0.272 e. The van der Waals surface area contributed by atoms with Crippen LogP contribution in [0, 0.1) is 13.8 Å². The number of rotatable bonds is 6. The summed E-state index contributed by atoms with van der Waals surface area (Å²) in [6.45, 7) is 6.97. The van der Waals surface area contributed by atoms with Crippen LogP contribution in [0.1, 0.15) is 38.8 Å². The van der Waals surface area contributed by atoms with E-state index in [0.29, 0.717) is 30.2 Å². The fraction of sp³-hybridized carbons (Fsp3) is 0.212. The SMILES string of the molecule is Cc1ccc(-n2nc(-c3ccco3)cc2C(=O)N2CCN(C(c3ccccc3)c3ccccc3)CC2)c(C)c1. The predicted molar refractivity (Wildman–Crippen MR) is 153 cm³/mol. The molecule has 6 heteroatoms. The first-order valence-electron chi connectivity index (χ1n) is 13.4. The number of hydrogen-bond acceptors (Lipinski definition) is 4. The van der Waals surface area contributed by atoms with E-state index in [0.717, 1.165) is 24.3 Å². The van der Waals surface area contributed by atoms with Crippen LogP contribution in [0.2, 0.25) is 0 Å². The second-order valence-electron chi connectivity index (χ2n) is 10.1. The molecule has 3 aromatic carbocycles. The van der Waals surface area contributed by atoms with Crippen molar-refractivity contribution in [1.29, 1.82) is 0 Å². The van der Waals surface area contributed by atoms with Gasteiger partial charge in [-0.15, -0.1) is 0 Å². The van der Waals surface area contributed by atoms with E-state index in [9.17, 15) is 4.79 Å². The molecule has 0 bridgehead atoms. The van der Waals surface area contributed by atoms with E-state index in [1.807, 2.05) is 29.2 Å². The summed E-state index contributed by atoms with van der Waals surface area (Å²) >= 11 is 0. The molecule has 0 radical (unpaired) electrons. The van der Waals surface area contributed by atoms with Gasteiger partial charge in [0.1, 0.15) is 11.4 Å². The van der Waals surface area contributed by atoms with Crippen LogP contribution in [-0.4, -0.2) is 51.7 Å². The summed E-state index contributed by atoms with van der Waals surface area (Å²) in [5, 5.41) is 4.82. The third-order valence-electron chi connectivity index (χ3n) is 7.48. The first-order chi connectivity index (χ1) is 19.1. The highest BCUT2D eigenvalue weighted by Gasteiger charge is 2.30. The van der Waals surface area contributed by atoms with Gasteiger partial charge in [-0.3, -0.25) is 9.69 Å². The Kier molecular flexibility index (Phi) is 6.86. The van der Waals surface area contributed by atoms with Crippen LogP contribution in [-0.2, 0) is 0 Å². The second kappa shape index (κ2) is 10.8. The zero-order chi connectivity index (χ0) is 26.8. The molecule has 1 fully saturated rings. The first kappa shape index (κ1) is 24.9. The van der Waals surface area contributed by atoms with Crippen molar-refractivity contribution in [2.24, 2.45) is 0 Å². The van der Waals surface area contributed by atoms with Crippen LogP contribution in [0.15, 0.2) is 108 Å². The normalized spacial score (nSPS) is 14.2. The third kappa shape index (κ3) is 5.03. The molecule has 196 valence electrons. The zero-order valence-electron chi connectivity index (χ0n) is 22.3. The molecule has 6 rings (SSSR count). The summed E-state index contributed by atoms with van der Waals surface area (Å²) in [6, 6.07) is 33.1. The lowest BCUT2D eigenvalue weighted by molar-refractivity contribution is 0.0588. The Balaban J connectivity index is 1.28. The molecule has 2 aromatic heterocycles. The van der Waals surface area contributed by atoms with Crippen molar-refractivity contribution >= 4 is 5.91 Å². The number of amides is 1. The van der Waals surface area contributed by atoms with Crippen molar-refractivity contribution in [3.05, 3.63) is 131 Å². The van der Waals surface area contributed by atoms with E-state index >= 15 is 0 Å². The van der Waals surface area contributed by atoms with E-state index in [1.165, 1.54) is 16.7 Å². The van der Waals surface area contributed by atoms with E-state index in [2.05, 4.69) is 91.5 Å². The maximum atomic E-state index is 14.0. The van der Waals surface area contributed by atoms with E-state index in [4.69, 9.17) is 9.52 Å². The number of furan rings is 1. The van der Waals surface area contributed by atoms with Crippen molar-refractivity contribution in [1.82, 2.24) is 19.6 Å². The number of aryl methyl sites for hydroxylation is 2. The molecule has 5 aromatic rings. The number of hydrogen-bond donors (Lipinski definition) is 0. The summed E-state index contributed by atoms with van der Waals surface area (Å²) < 4.78 is 7.39. The fourth-order valence-corrected chi connectivity index (χ4v) is 5.53. The van der Waals surface area contributed by atoms with Crippen LogP contribution in [0.4, 0.5) is 0 Å². The Labute approximate surface area is 229 Å². The highest BCUT2D eigenvalue weighted by molar-refractivity contribution is 5.94. The molecule has 0 aliphatic carbocycles. The molecule has 1 aliphatic rings. The Bertz CT molecular complexity index is 1510. The number of nitrogens with zero attached hydrogens (tertiary/aromatic N) is 4. The highest BCUT2D eigenvalue weighted by Crippen LogP contribution is 2.30. The number of carbonyl (C=O) groups is 1. The van der Waals surface area contributed by atoms with E-state index in [-0.39, 0.29) is 11.9 Å². The summed E-state index contributed by atoms with van der Waals surface area (Å²) in [4.78, 5) is 18.4. The summed E-state index contributed by atoms with van der Waals surface area (Å²) in [6.07, 6.45) is 1.63. The molecule has 0 atom stereocenters. The molecule has 39 heavy (non-hydrogen) atoms. The monoisotopic (exact) mass is 516 g/mol. The Hall–Kier alpha value is -4.42. The molecule has 0 unspecified atom stereocenters. The van der Waals surface area contributed by atoms with Crippen LogP contribution in [0.25, 0.3) is 17.1 Å². The van der Waals surface area contributed by atoms with Crippen molar-refractivity contribution in [2.75, 3.05) is 26.2 Å². The average Bonchev–Trinajstić information content (AvgIpc) is 3.65. The molecular formula is C33H32N4O2. The minimum absolute atomic E-state index is 0.0177. The first-order valence-corrected chi connectivity index (χ1v) is 13.4. The van der Waals surface area contributed by atoms with Gasteiger partial charge in [0.2, 0.25) is 0 Å². The summed E-state index contributed by atoms with van der Waals surface area (Å²) in [5.41, 5.74) is 6.86. The van der Waals surface area contributed by atoms with Crippen LogP contribution < -0.4 is 0 Å². The second-order valence-corrected chi connectivity index (χ2v) is 10.1. The van der Waals surface area contributed by atoms with E-state index < -0.39 is 0 Å². The molecule has 0 spiro atoms. The standard InChI is InChI=1S/C33H32N4O2/c1-24-15-16-29(25(2)22-24)37-30(23-28(34-37)31-14-9-21-39-31)33(38)36-19-17-35(18-20-36)32(26-10-5-3-6-11-26)27-12-7-4-8-13-27/h3-16,21-23,32H,17-20H2,1-2H3. The van der Waals surface area contributed by atoms with Gasteiger partial charge in [0.25, 0.3) is 5.91 Å². The summed E-state index contributed by atoms with van der Waals surface area (Å²) in [7, 11) is 0. The number of carbonyl (C=O) groups excluding carboxylic acids is 1. The van der Waals surface area contributed by atoms with Gasteiger partial charge in [-0.1, -0.05) is 78.4 Å². The van der Waals surface area contributed by atoms with Crippen molar-refractivity contribution in [2.45, 2.75) is 19.9 Å². The largest absolute Gasteiger partial charge is 0.463 e. The van der Waals surface area contributed by atoms with Crippen molar-refractivity contribution in [3.63, 3.8) is 0 Å². The number of aromatic nitrogens is 2. The van der Waals surface area contributed by atoms with Gasteiger partial charge in [-0.2, -0.15) is 5.10 Å². The van der Waals surface area contributed by atoms with Gasteiger partial charge < -0.3 is 9.32 Å². The van der Waals surface area contributed by atoms with Crippen LogP contribution >= 0.6 is 0 Å². The van der Waals surface area contributed by atoms with Gasteiger partial charge in [0.05, 0.1) is 18.0 Å². The van der Waals surface area contributed by atoms with Gasteiger partial charge in [0.15, 0.2) is 5.76 Å². The quantitative estimate of drug-likeness (QED) is 0.266. The number of benzene rings is 3. The summed E-state index contributed by atoms with van der Waals surface area (Å²) in [5.74, 6) is 0.627. The molecule has 1 amide bonds. The van der Waals surface area contributed by atoms with Crippen molar-refractivity contribution < 1.29 is 9.21 Å². The van der Waals surface area contributed by atoms with E-state index in [1.54, 1.807) is 10.9 Å². The maximum absolute atomic E-state index is 14.0.